The minimum absolute atomic E-state index is 0.0319. The van der Waals surface area contributed by atoms with Crippen LogP contribution in [-0.2, 0) is 11.3 Å². The van der Waals surface area contributed by atoms with Crippen molar-refractivity contribution in [2.24, 2.45) is 5.92 Å². The van der Waals surface area contributed by atoms with Gasteiger partial charge >= 0.3 is 12.0 Å². The lowest BCUT2D eigenvalue weighted by molar-refractivity contribution is -0.140. The first kappa shape index (κ1) is 16.9. The molecule has 0 saturated carbocycles. The molecule has 0 aliphatic carbocycles. The number of amides is 2. The van der Waals surface area contributed by atoms with E-state index in [1.165, 1.54) is 6.07 Å². The molecule has 0 saturated heterocycles. The molecular formula is C14H18F2N2O3. The van der Waals surface area contributed by atoms with Gasteiger partial charge in [-0.05, 0) is 23.6 Å². The first-order valence-corrected chi connectivity index (χ1v) is 6.56. The van der Waals surface area contributed by atoms with Gasteiger partial charge in [-0.1, -0.05) is 26.3 Å². The summed E-state index contributed by atoms with van der Waals surface area (Å²) in [6, 6.07) is 1.59. The number of carbonyl (C=O) groups is 2. The van der Waals surface area contributed by atoms with Gasteiger partial charge in [-0.15, -0.1) is 0 Å². The maximum Gasteiger partial charge on any atom is 0.326 e. The number of carbonyl (C=O) groups excluding carboxylic acids is 1. The van der Waals surface area contributed by atoms with Crippen LogP contribution in [0.2, 0.25) is 0 Å². The van der Waals surface area contributed by atoms with Crippen LogP contribution in [0, 0.1) is 17.6 Å². The fourth-order valence-corrected chi connectivity index (χ4v) is 1.71. The largest absolute Gasteiger partial charge is 0.480 e. The number of aliphatic carboxylic acids is 1. The van der Waals surface area contributed by atoms with Gasteiger partial charge in [0.05, 0.1) is 0 Å². The molecule has 0 heterocycles. The Morgan fingerprint density at radius 2 is 1.95 bits per heavy atom. The number of halogens is 2. The van der Waals surface area contributed by atoms with Crippen LogP contribution in [0.4, 0.5) is 13.6 Å². The Kier molecular flexibility index (Phi) is 6.08. The molecule has 0 bridgehead atoms. The fourth-order valence-electron chi connectivity index (χ4n) is 1.71. The lowest BCUT2D eigenvalue weighted by Crippen LogP contribution is -2.48. The molecule has 1 aromatic rings. The van der Waals surface area contributed by atoms with Crippen molar-refractivity contribution in [2.45, 2.75) is 32.9 Å². The van der Waals surface area contributed by atoms with Crippen LogP contribution in [0.1, 0.15) is 25.8 Å². The number of nitrogens with one attached hydrogen (secondary N) is 2. The fraction of sp³-hybridized carbons (Fsp3) is 0.429. The SMILES string of the molecule is CCC(C)C(NC(=O)NCc1ccc(F)c(F)c1)C(=O)O. The zero-order valence-corrected chi connectivity index (χ0v) is 11.8. The van der Waals surface area contributed by atoms with Crippen LogP contribution in [0.3, 0.4) is 0 Å². The van der Waals surface area contributed by atoms with Crippen LogP contribution >= 0.6 is 0 Å². The molecule has 5 nitrogen and oxygen atoms in total. The number of hydrogen-bond acceptors (Lipinski definition) is 2. The van der Waals surface area contributed by atoms with Crippen molar-refractivity contribution in [3.05, 3.63) is 35.4 Å². The van der Waals surface area contributed by atoms with Gasteiger partial charge in [-0.25, -0.2) is 18.4 Å². The third kappa shape index (κ3) is 5.02. The van der Waals surface area contributed by atoms with Crippen LogP contribution in [0.5, 0.6) is 0 Å². The van der Waals surface area contributed by atoms with E-state index in [-0.39, 0.29) is 12.5 Å². The summed E-state index contributed by atoms with van der Waals surface area (Å²) in [5.41, 5.74) is 0.375. The molecule has 3 N–H and O–H groups in total. The van der Waals surface area contributed by atoms with E-state index in [1.54, 1.807) is 6.92 Å². The summed E-state index contributed by atoms with van der Waals surface area (Å²) in [7, 11) is 0. The highest BCUT2D eigenvalue weighted by Gasteiger charge is 2.25. The zero-order valence-electron chi connectivity index (χ0n) is 11.8. The third-order valence-corrected chi connectivity index (χ3v) is 3.20. The van der Waals surface area contributed by atoms with Crippen molar-refractivity contribution in [3.63, 3.8) is 0 Å². The summed E-state index contributed by atoms with van der Waals surface area (Å²) in [6.45, 7) is 3.51. The Balaban J connectivity index is 2.56. The Morgan fingerprint density at radius 1 is 1.29 bits per heavy atom. The molecule has 2 amide bonds. The molecule has 7 heteroatoms. The predicted molar refractivity (Wildman–Crippen MR) is 72.6 cm³/mol. The van der Waals surface area contributed by atoms with Gasteiger partial charge in [0, 0.05) is 6.54 Å². The van der Waals surface area contributed by atoms with Crippen LogP contribution < -0.4 is 10.6 Å². The molecule has 0 fully saturated rings. The predicted octanol–water partition coefficient (Wildman–Crippen LogP) is 2.26. The van der Waals surface area contributed by atoms with Crippen LogP contribution in [0.25, 0.3) is 0 Å². The lowest BCUT2D eigenvalue weighted by atomic mass is 9.99. The van der Waals surface area contributed by atoms with Crippen molar-refractivity contribution in [1.29, 1.82) is 0 Å². The molecular weight excluding hydrogens is 282 g/mol. The molecule has 0 radical (unpaired) electrons. The second kappa shape index (κ2) is 7.56. The van der Waals surface area contributed by atoms with E-state index in [0.29, 0.717) is 12.0 Å². The number of carboxylic acid groups (broad SMARTS) is 1. The number of hydrogen-bond donors (Lipinski definition) is 3. The van der Waals surface area contributed by atoms with E-state index in [1.807, 2.05) is 6.92 Å². The Morgan fingerprint density at radius 3 is 2.48 bits per heavy atom. The van der Waals surface area contributed by atoms with Gasteiger partial charge in [0.2, 0.25) is 0 Å². The molecule has 1 aromatic carbocycles. The maximum atomic E-state index is 13.0. The van der Waals surface area contributed by atoms with Crippen molar-refractivity contribution in [2.75, 3.05) is 0 Å². The van der Waals surface area contributed by atoms with E-state index in [4.69, 9.17) is 5.11 Å². The van der Waals surface area contributed by atoms with E-state index in [9.17, 15) is 18.4 Å². The van der Waals surface area contributed by atoms with E-state index >= 15 is 0 Å². The molecule has 0 aliphatic rings. The van der Waals surface area contributed by atoms with Gasteiger partial charge in [0.1, 0.15) is 6.04 Å². The molecule has 2 atom stereocenters. The molecule has 116 valence electrons. The Bertz CT molecular complexity index is 523. The highest BCUT2D eigenvalue weighted by Crippen LogP contribution is 2.09. The number of urea groups is 1. The average molecular weight is 300 g/mol. The summed E-state index contributed by atoms with van der Waals surface area (Å²) < 4.78 is 25.7. The van der Waals surface area contributed by atoms with Crippen LogP contribution in [0.15, 0.2) is 18.2 Å². The Hall–Kier alpha value is -2.18. The molecule has 21 heavy (non-hydrogen) atoms. The second-order valence-electron chi connectivity index (χ2n) is 4.78. The first-order chi connectivity index (χ1) is 9.85. The summed E-state index contributed by atoms with van der Waals surface area (Å²) >= 11 is 0. The maximum absolute atomic E-state index is 13.0. The quantitative estimate of drug-likeness (QED) is 0.754. The first-order valence-electron chi connectivity index (χ1n) is 6.56. The van der Waals surface area contributed by atoms with Gasteiger partial charge < -0.3 is 15.7 Å². The number of rotatable bonds is 6. The number of benzene rings is 1. The van der Waals surface area contributed by atoms with Gasteiger partial charge in [0.25, 0.3) is 0 Å². The monoisotopic (exact) mass is 300 g/mol. The van der Waals surface area contributed by atoms with Crippen molar-refractivity contribution < 1.29 is 23.5 Å². The van der Waals surface area contributed by atoms with E-state index in [2.05, 4.69) is 10.6 Å². The van der Waals surface area contributed by atoms with Crippen molar-refractivity contribution in [3.8, 4) is 0 Å². The molecule has 1 rings (SSSR count). The highest BCUT2D eigenvalue weighted by molar-refractivity contribution is 5.82. The van der Waals surface area contributed by atoms with Crippen molar-refractivity contribution >= 4 is 12.0 Å². The minimum Gasteiger partial charge on any atom is -0.480 e. The summed E-state index contributed by atoms with van der Waals surface area (Å²) in [5.74, 6) is -3.31. The standard InChI is InChI=1S/C14H18F2N2O3/c1-3-8(2)12(13(19)20)18-14(21)17-7-9-4-5-10(15)11(16)6-9/h4-6,8,12H,3,7H2,1-2H3,(H,19,20)(H2,17,18,21). The minimum atomic E-state index is -1.12. The zero-order chi connectivity index (χ0) is 16.0. The van der Waals surface area contributed by atoms with Crippen LogP contribution in [-0.4, -0.2) is 23.1 Å². The smallest absolute Gasteiger partial charge is 0.326 e. The topological polar surface area (TPSA) is 78.4 Å². The average Bonchev–Trinajstić information content (AvgIpc) is 2.44. The lowest BCUT2D eigenvalue weighted by Gasteiger charge is -2.20. The highest BCUT2D eigenvalue weighted by atomic mass is 19.2. The second-order valence-corrected chi connectivity index (χ2v) is 4.78. The van der Waals surface area contributed by atoms with E-state index < -0.39 is 29.7 Å². The molecule has 0 aromatic heterocycles. The number of carboxylic acids is 1. The van der Waals surface area contributed by atoms with Gasteiger partial charge in [-0.3, -0.25) is 0 Å². The van der Waals surface area contributed by atoms with Gasteiger partial charge in [-0.2, -0.15) is 0 Å². The van der Waals surface area contributed by atoms with E-state index in [0.717, 1.165) is 12.1 Å². The molecule has 0 aliphatic heterocycles. The molecule has 2 unspecified atom stereocenters. The third-order valence-electron chi connectivity index (χ3n) is 3.20. The van der Waals surface area contributed by atoms with Crippen molar-refractivity contribution in [1.82, 2.24) is 10.6 Å². The normalized spacial score (nSPS) is 13.3. The Labute approximate surface area is 121 Å². The summed E-state index contributed by atoms with van der Waals surface area (Å²) in [5, 5.41) is 13.8. The summed E-state index contributed by atoms with van der Waals surface area (Å²) in [4.78, 5) is 22.7. The molecule has 0 spiro atoms. The summed E-state index contributed by atoms with van der Waals surface area (Å²) in [6.07, 6.45) is 0.598. The van der Waals surface area contributed by atoms with Gasteiger partial charge in [0.15, 0.2) is 11.6 Å².